The number of benzene rings is 1. The largest absolute Gasteiger partial charge is 0.434 e. The number of halogens is 2. The molecule has 0 amide bonds. The molecule has 0 fully saturated rings. The summed E-state index contributed by atoms with van der Waals surface area (Å²) in [4.78, 5) is 37.3. The molecule has 0 saturated carbocycles. The predicted octanol–water partition coefficient (Wildman–Crippen LogP) is 2.03. The quantitative estimate of drug-likeness (QED) is 0.662. The molecule has 2 aromatic heterocycles. The summed E-state index contributed by atoms with van der Waals surface area (Å²) >= 11 is 12.5. The first-order chi connectivity index (χ1) is 13.7. The van der Waals surface area contributed by atoms with Crippen LogP contribution in [0.25, 0.3) is 5.69 Å². The van der Waals surface area contributed by atoms with Crippen LogP contribution in [0.4, 0.5) is 0 Å². The number of aromatic amines is 1. The highest BCUT2D eigenvalue weighted by molar-refractivity contribution is 6.37. The lowest BCUT2D eigenvalue weighted by molar-refractivity contribution is 0.411. The molecule has 0 unspecified atom stereocenters. The van der Waals surface area contributed by atoms with E-state index in [0.29, 0.717) is 0 Å². The van der Waals surface area contributed by atoms with Crippen LogP contribution in [0.5, 0.6) is 11.6 Å². The minimum absolute atomic E-state index is 0.00926. The smallest absolute Gasteiger partial charge is 0.349 e. The molecular formula is C17H12Cl2N6O4. The van der Waals surface area contributed by atoms with Gasteiger partial charge in [0.15, 0.2) is 5.75 Å². The summed E-state index contributed by atoms with van der Waals surface area (Å²) in [5, 5.41) is 16.7. The number of nitriles is 1. The van der Waals surface area contributed by atoms with Crippen LogP contribution in [0, 0.1) is 11.3 Å². The summed E-state index contributed by atoms with van der Waals surface area (Å²) in [6, 6.07) is 6.69. The molecule has 1 N–H and O–H groups in total. The Bertz CT molecular complexity index is 1300. The second kappa shape index (κ2) is 7.90. The third-order valence-electron chi connectivity index (χ3n) is 3.66. The maximum atomic E-state index is 12.0. The van der Waals surface area contributed by atoms with Crippen molar-refractivity contribution in [2.24, 2.45) is 0 Å². The van der Waals surface area contributed by atoms with Crippen molar-refractivity contribution >= 4 is 23.2 Å². The minimum Gasteiger partial charge on any atom is -0.434 e. The highest BCUT2D eigenvalue weighted by Gasteiger charge is 2.16. The molecule has 0 spiro atoms. The lowest BCUT2D eigenvalue weighted by Crippen LogP contribution is -2.33. The van der Waals surface area contributed by atoms with E-state index in [2.05, 4.69) is 10.2 Å². The zero-order chi connectivity index (χ0) is 21.3. The monoisotopic (exact) mass is 434 g/mol. The molecule has 1 aromatic carbocycles. The molecule has 3 rings (SSSR count). The van der Waals surface area contributed by atoms with Crippen LogP contribution in [0.3, 0.4) is 0 Å². The fourth-order valence-corrected chi connectivity index (χ4v) is 2.90. The van der Waals surface area contributed by atoms with Crippen LogP contribution in [-0.4, -0.2) is 24.5 Å². The molecule has 0 bridgehead atoms. The van der Waals surface area contributed by atoms with E-state index in [1.165, 1.54) is 28.9 Å². The van der Waals surface area contributed by atoms with Crippen molar-refractivity contribution in [3.8, 4) is 23.4 Å². The van der Waals surface area contributed by atoms with Crippen molar-refractivity contribution in [2.75, 3.05) is 0 Å². The second-order valence-electron chi connectivity index (χ2n) is 6.02. The number of aromatic nitrogens is 5. The van der Waals surface area contributed by atoms with Crippen LogP contribution in [0.15, 0.2) is 38.6 Å². The fraction of sp³-hybridized carbons (Fsp3) is 0.176. The fourth-order valence-electron chi connectivity index (χ4n) is 2.35. The van der Waals surface area contributed by atoms with Gasteiger partial charge in [-0.2, -0.15) is 9.94 Å². The van der Waals surface area contributed by atoms with Gasteiger partial charge in [0.2, 0.25) is 11.6 Å². The Balaban J connectivity index is 2.05. The van der Waals surface area contributed by atoms with E-state index < -0.39 is 16.9 Å². The molecule has 2 heterocycles. The Labute approximate surface area is 172 Å². The normalized spacial score (nSPS) is 10.8. The molecule has 0 atom stereocenters. The number of nitrogens with one attached hydrogen (secondary N) is 1. The zero-order valence-electron chi connectivity index (χ0n) is 15.0. The van der Waals surface area contributed by atoms with Crippen molar-refractivity contribution < 1.29 is 4.74 Å². The van der Waals surface area contributed by atoms with E-state index in [-0.39, 0.29) is 39.0 Å². The Hall–Kier alpha value is -3.42. The number of rotatable bonds is 4. The van der Waals surface area contributed by atoms with E-state index in [1.807, 2.05) is 4.98 Å². The molecule has 0 aliphatic carbocycles. The third kappa shape index (κ3) is 4.06. The summed E-state index contributed by atoms with van der Waals surface area (Å²) in [6.07, 6.45) is 0. The highest BCUT2D eigenvalue weighted by atomic mass is 35.5. The Kier molecular flexibility index (Phi) is 5.54. The number of hydrogen-bond acceptors (Lipinski definition) is 7. The number of H-pyrrole nitrogens is 1. The van der Waals surface area contributed by atoms with E-state index in [4.69, 9.17) is 33.2 Å². The van der Waals surface area contributed by atoms with Crippen molar-refractivity contribution in [2.45, 2.75) is 19.9 Å². The lowest BCUT2D eigenvalue weighted by Gasteiger charge is -2.13. The van der Waals surface area contributed by atoms with Crippen molar-refractivity contribution in [3.63, 3.8) is 0 Å². The molecule has 0 aliphatic rings. The Morgan fingerprint density at radius 2 is 1.79 bits per heavy atom. The maximum Gasteiger partial charge on any atom is 0.349 e. The van der Waals surface area contributed by atoms with Gasteiger partial charge in [0.05, 0.1) is 21.8 Å². The first-order valence-corrected chi connectivity index (χ1v) is 8.87. The van der Waals surface area contributed by atoms with Gasteiger partial charge in [-0.05, 0) is 26.0 Å². The average Bonchev–Trinajstić information content (AvgIpc) is 2.65. The first kappa shape index (κ1) is 20.3. The summed E-state index contributed by atoms with van der Waals surface area (Å²) in [5.74, 6) is 0.123. The molecule has 148 valence electrons. The molecule has 0 radical (unpaired) electrons. The summed E-state index contributed by atoms with van der Waals surface area (Å²) in [6.45, 7) is 3.58. The van der Waals surface area contributed by atoms with Crippen LogP contribution in [0.1, 0.15) is 25.6 Å². The number of hydrogen-bond donors (Lipinski definition) is 1. The maximum absolute atomic E-state index is 12.0. The SMILES string of the molecule is CC(C)n1nc(Oc2c(Cl)cc(-n3nc(C#N)c(=O)[nH]c3=O)cc2Cl)ccc1=O. The van der Waals surface area contributed by atoms with Crippen molar-refractivity contribution in [1.29, 1.82) is 5.26 Å². The van der Waals surface area contributed by atoms with E-state index >= 15 is 0 Å². The predicted molar refractivity (Wildman–Crippen MR) is 104 cm³/mol. The summed E-state index contributed by atoms with van der Waals surface area (Å²) in [7, 11) is 0. The van der Waals surface area contributed by atoms with Gasteiger partial charge in [-0.15, -0.1) is 10.2 Å². The van der Waals surface area contributed by atoms with Crippen molar-refractivity contribution in [1.82, 2.24) is 24.5 Å². The van der Waals surface area contributed by atoms with Gasteiger partial charge in [-0.25, -0.2) is 9.48 Å². The second-order valence-corrected chi connectivity index (χ2v) is 6.83. The van der Waals surface area contributed by atoms with Gasteiger partial charge >= 0.3 is 5.69 Å². The van der Waals surface area contributed by atoms with Gasteiger partial charge in [0, 0.05) is 12.1 Å². The molecule has 10 nitrogen and oxygen atoms in total. The van der Waals surface area contributed by atoms with Gasteiger partial charge in [0.1, 0.15) is 6.07 Å². The molecule has 29 heavy (non-hydrogen) atoms. The molecular weight excluding hydrogens is 423 g/mol. The third-order valence-corrected chi connectivity index (χ3v) is 4.22. The van der Waals surface area contributed by atoms with Gasteiger partial charge in [-0.3, -0.25) is 14.6 Å². The van der Waals surface area contributed by atoms with E-state index in [1.54, 1.807) is 19.9 Å². The van der Waals surface area contributed by atoms with Gasteiger partial charge in [0.25, 0.3) is 11.1 Å². The average molecular weight is 435 g/mol. The minimum atomic E-state index is -0.905. The van der Waals surface area contributed by atoms with E-state index in [0.717, 1.165) is 4.68 Å². The highest BCUT2D eigenvalue weighted by Crippen LogP contribution is 2.37. The number of ether oxygens (including phenoxy) is 1. The number of nitrogens with zero attached hydrogens (tertiary/aromatic N) is 5. The van der Waals surface area contributed by atoms with Crippen LogP contribution < -0.4 is 21.5 Å². The Morgan fingerprint density at radius 1 is 1.14 bits per heavy atom. The molecule has 12 heteroatoms. The topological polar surface area (TPSA) is 136 Å². The first-order valence-electron chi connectivity index (χ1n) is 8.12. The lowest BCUT2D eigenvalue weighted by atomic mass is 10.3. The van der Waals surface area contributed by atoms with Crippen LogP contribution in [-0.2, 0) is 0 Å². The molecule has 0 saturated heterocycles. The molecule has 3 aromatic rings. The van der Waals surface area contributed by atoms with Crippen LogP contribution in [0.2, 0.25) is 10.0 Å². The standard InChI is InChI=1S/C17H12Cl2N6O4/c1-8(2)24-14(26)4-3-13(23-24)29-15-10(18)5-9(6-11(15)19)25-17(28)21-16(27)12(7-20)22-25/h3-6,8H,1-2H3,(H,21,27,28). The zero-order valence-corrected chi connectivity index (χ0v) is 16.5. The van der Waals surface area contributed by atoms with Gasteiger partial charge in [-0.1, -0.05) is 23.2 Å². The van der Waals surface area contributed by atoms with E-state index in [9.17, 15) is 14.4 Å². The van der Waals surface area contributed by atoms with Crippen molar-refractivity contribution in [3.05, 3.63) is 71.2 Å². The Morgan fingerprint density at radius 3 is 2.38 bits per heavy atom. The van der Waals surface area contributed by atoms with Crippen LogP contribution >= 0.6 is 23.2 Å². The summed E-state index contributed by atoms with van der Waals surface area (Å²) in [5.41, 5.74) is -2.48. The summed E-state index contributed by atoms with van der Waals surface area (Å²) < 4.78 is 7.63. The molecule has 0 aliphatic heterocycles. The van der Waals surface area contributed by atoms with Gasteiger partial charge < -0.3 is 4.74 Å².